The number of amides is 4. The number of aryl methyl sites for hydroxylation is 1. The summed E-state index contributed by atoms with van der Waals surface area (Å²) in [4.78, 5) is 54.1. The zero-order chi connectivity index (χ0) is 30.3. The fourth-order valence-corrected chi connectivity index (χ4v) is 4.65. The molecule has 1 rings (SSSR count). The van der Waals surface area contributed by atoms with Crippen LogP contribution in [0.4, 0.5) is 4.79 Å². The lowest BCUT2D eigenvalue weighted by Crippen LogP contribution is -2.54. The molecule has 0 aliphatic rings. The Kier molecular flexibility index (Phi) is 15.3. The molecule has 0 spiro atoms. The quantitative estimate of drug-likeness (QED) is 0.223. The summed E-state index contributed by atoms with van der Waals surface area (Å²) < 4.78 is 5.35. The minimum Gasteiger partial charge on any atom is -0.444 e. The van der Waals surface area contributed by atoms with Crippen molar-refractivity contribution < 1.29 is 23.9 Å². The minimum absolute atomic E-state index is 0.0867. The largest absolute Gasteiger partial charge is 0.444 e. The SMILES string of the molecule is CCCCCCCCN(C(=O)C(CC(N)=O)NC(=O)OC(C)(C)C)C(C(=O)NC(C)CCC)c1ccccc1C. The number of hydrogen-bond donors (Lipinski definition) is 3. The van der Waals surface area contributed by atoms with Crippen LogP contribution in [0.1, 0.15) is 116 Å². The average Bonchev–Trinajstić information content (AvgIpc) is 2.84. The molecule has 0 heterocycles. The molecule has 0 saturated heterocycles. The molecule has 4 amide bonds. The van der Waals surface area contributed by atoms with Gasteiger partial charge in [-0.25, -0.2) is 4.79 Å². The van der Waals surface area contributed by atoms with Gasteiger partial charge in [0.2, 0.25) is 17.7 Å². The normalized spacial score (nSPS) is 13.6. The summed E-state index contributed by atoms with van der Waals surface area (Å²) >= 11 is 0. The third kappa shape index (κ3) is 12.8. The van der Waals surface area contributed by atoms with Gasteiger partial charge in [0.05, 0.1) is 6.42 Å². The highest BCUT2D eigenvalue weighted by Crippen LogP contribution is 2.27. The van der Waals surface area contributed by atoms with Crippen LogP contribution < -0.4 is 16.4 Å². The summed E-state index contributed by atoms with van der Waals surface area (Å²) in [6, 6.07) is 5.16. The van der Waals surface area contributed by atoms with Crippen molar-refractivity contribution in [3.8, 4) is 0 Å². The number of alkyl carbamates (subject to hydrolysis) is 1. The van der Waals surface area contributed by atoms with Crippen LogP contribution in [0.25, 0.3) is 0 Å². The van der Waals surface area contributed by atoms with Crippen LogP contribution in [0.15, 0.2) is 24.3 Å². The molecule has 9 heteroatoms. The van der Waals surface area contributed by atoms with E-state index in [1.807, 2.05) is 45.0 Å². The number of carbonyl (C=O) groups excluding carboxylic acids is 4. The van der Waals surface area contributed by atoms with Gasteiger partial charge in [0, 0.05) is 12.6 Å². The molecular weight excluding hydrogens is 508 g/mol. The monoisotopic (exact) mass is 560 g/mol. The summed E-state index contributed by atoms with van der Waals surface area (Å²) in [5.41, 5.74) is 6.24. The molecule has 3 atom stereocenters. The number of nitrogens with zero attached hydrogens (tertiary/aromatic N) is 1. The van der Waals surface area contributed by atoms with Crippen LogP contribution in [-0.4, -0.2) is 52.9 Å². The Morgan fingerprint density at radius 1 is 0.950 bits per heavy atom. The Morgan fingerprint density at radius 2 is 1.57 bits per heavy atom. The Bertz CT molecular complexity index is 959. The van der Waals surface area contributed by atoms with E-state index in [1.165, 1.54) is 4.90 Å². The molecule has 1 aromatic rings. The Hall–Kier alpha value is -3.10. The second-order valence-electron chi connectivity index (χ2n) is 11.6. The van der Waals surface area contributed by atoms with E-state index >= 15 is 0 Å². The molecule has 0 saturated carbocycles. The van der Waals surface area contributed by atoms with Gasteiger partial charge in [0.15, 0.2) is 0 Å². The van der Waals surface area contributed by atoms with Gasteiger partial charge in [-0.1, -0.05) is 76.6 Å². The van der Waals surface area contributed by atoms with Gasteiger partial charge in [0.25, 0.3) is 0 Å². The summed E-state index contributed by atoms with van der Waals surface area (Å²) in [7, 11) is 0. The lowest BCUT2D eigenvalue weighted by atomic mass is 9.96. The molecule has 9 nitrogen and oxygen atoms in total. The van der Waals surface area contributed by atoms with Crippen molar-refractivity contribution in [2.75, 3.05) is 6.54 Å². The van der Waals surface area contributed by atoms with Crippen molar-refractivity contribution in [3.05, 3.63) is 35.4 Å². The maximum Gasteiger partial charge on any atom is 0.408 e. The van der Waals surface area contributed by atoms with Gasteiger partial charge in [-0.2, -0.15) is 0 Å². The van der Waals surface area contributed by atoms with Crippen LogP contribution in [0, 0.1) is 6.92 Å². The van der Waals surface area contributed by atoms with Crippen LogP contribution in [0.2, 0.25) is 0 Å². The van der Waals surface area contributed by atoms with Crippen LogP contribution in [0.5, 0.6) is 0 Å². The molecule has 0 fully saturated rings. The second-order valence-corrected chi connectivity index (χ2v) is 11.6. The second kappa shape index (κ2) is 17.6. The molecule has 4 N–H and O–H groups in total. The van der Waals surface area contributed by atoms with Crippen molar-refractivity contribution >= 4 is 23.8 Å². The molecule has 0 radical (unpaired) electrons. The molecule has 3 unspecified atom stereocenters. The Balaban J connectivity index is 3.49. The van der Waals surface area contributed by atoms with Crippen molar-refractivity contribution in [2.24, 2.45) is 5.73 Å². The van der Waals surface area contributed by atoms with Gasteiger partial charge < -0.3 is 26.0 Å². The first kappa shape index (κ1) is 34.9. The minimum atomic E-state index is -1.28. The van der Waals surface area contributed by atoms with Gasteiger partial charge in [-0.05, 0) is 58.6 Å². The third-order valence-electron chi connectivity index (χ3n) is 6.58. The summed E-state index contributed by atoms with van der Waals surface area (Å²) in [6.45, 7) is 13.4. The van der Waals surface area contributed by atoms with Gasteiger partial charge in [-0.3, -0.25) is 14.4 Å². The maximum atomic E-state index is 14.2. The fraction of sp³-hybridized carbons (Fsp3) is 0.677. The highest BCUT2D eigenvalue weighted by molar-refractivity contribution is 5.94. The summed E-state index contributed by atoms with van der Waals surface area (Å²) in [5.74, 6) is -1.60. The zero-order valence-corrected chi connectivity index (χ0v) is 25.7. The first-order valence-electron chi connectivity index (χ1n) is 14.7. The number of hydrogen-bond acceptors (Lipinski definition) is 5. The predicted octanol–water partition coefficient (Wildman–Crippen LogP) is 5.30. The van der Waals surface area contributed by atoms with E-state index < -0.39 is 42.0 Å². The molecule has 0 aliphatic heterocycles. The molecule has 0 bridgehead atoms. The summed E-state index contributed by atoms with van der Waals surface area (Å²) in [5, 5.41) is 5.61. The van der Waals surface area contributed by atoms with Crippen LogP contribution in [-0.2, 0) is 19.1 Å². The van der Waals surface area contributed by atoms with Crippen LogP contribution in [0.3, 0.4) is 0 Å². The predicted molar refractivity (Wildman–Crippen MR) is 158 cm³/mol. The average molecular weight is 561 g/mol. The van der Waals surface area contributed by atoms with Gasteiger partial charge in [0.1, 0.15) is 17.7 Å². The first-order valence-corrected chi connectivity index (χ1v) is 14.7. The molecule has 0 aromatic heterocycles. The van der Waals surface area contributed by atoms with E-state index in [0.717, 1.165) is 50.5 Å². The van der Waals surface area contributed by atoms with E-state index in [0.29, 0.717) is 12.0 Å². The number of carbonyl (C=O) groups is 4. The van der Waals surface area contributed by atoms with Gasteiger partial charge in [-0.15, -0.1) is 0 Å². The number of benzene rings is 1. The van der Waals surface area contributed by atoms with Crippen LogP contribution >= 0.6 is 0 Å². The van der Waals surface area contributed by atoms with E-state index in [2.05, 4.69) is 17.6 Å². The molecular formula is C31H52N4O5. The zero-order valence-electron chi connectivity index (χ0n) is 25.7. The van der Waals surface area contributed by atoms with Crippen molar-refractivity contribution in [2.45, 2.75) is 130 Å². The standard InChI is InChI=1S/C31H52N4O5/c1-8-10-11-12-13-16-20-35(29(38)25(21-26(32)36)34-30(39)40-31(5,6)7)27(24-19-15-14-18-22(24)3)28(37)33-23(4)17-9-2/h14-15,18-19,23,25,27H,8-13,16-17,20-21H2,1-7H3,(H2,32,36)(H,33,37)(H,34,39). The topological polar surface area (TPSA) is 131 Å². The third-order valence-corrected chi connectivity index (χ3v) is 6.58. The van der Waals surface area contributed by atoms with E-state index in [1.54, 1.807) is 20.8 Å². The number of nitrogens with two attached hydrogens (primary N) is 1. The van der Waals surface area contributed by atoms with Crippen molar-refractivity contribution in [1.82, 2.24) is 15.5 Å². The Morgan fingerprint density at radius 3 is 2.15 bits per heavy atom. The number of primary amides is 1. The number of unbranched alkanes of at least 4 members (excludes halogenated alkanes) is 5. The van der Waals surface area contributed by atoms with Gasteiger partial charge >= 0.3 is 6.09 Å². The maximum absolute atomic E-state index is 14.2. The highest BCUT2D eigenvalue weighted by atomic mass is 16.6. The smallest absolute Gasteiger partial charge is 0.408 e. The first-order chi connectivity index (χ1) is 18.8. The number of nitrogens with one attached hydrogen (secondary N) is 2. The molecule has 40 heavy (non-hydrogen) atoms. The Labute approximate surface area is 241 Å². The van der Waals surface area contributed by atoms with E-state index in [-0.39, 0.29) is 18.5 Å². The molecule has 0 aliphatic carbocycles. The molecule has 1 aromatic carbocycles. The summed E-state index contributed by atoms with van der Waals surface area (Å²) in [6.07, 6.45) is 6.40. The lowest BCUT2D eigenvalue weighted by Gasteiger charge is -2.35. The van der Waals surface area contributed by atoms with Crippen molar-refractivity contribution in [3.63, 3.8) is 0 Å². The van der Waals surface area contributed by atoms with E-state index in [9.17, 15) is 19.2 Å². The number of rotatable bonds is 17. The fourth-order valence-electron chi connectivity index (χ4n) is 4.65. The van der Waals surface area contributed by atoms with E-state index in [4.69, 9.17) is 10.5 Å². The number of ether oxygens (including phenoxy) is 1. The molecule has 226 valence electrons. The lowest BCUT2D eigenvalue weighted by molar-refractivity contribution is -0.143. The highest BCUT2D eigenvalue weighted by Gasteiger charge is 2.37. The van der Waals surface area contributed by atoms with Crippen molar-refractivity contribution in [1.29, 1.82) is 0 Å².